The first kappa shape index (κ1) is 24.8. The van der Waals surface area contributed by atoms with Crippen molar-refractivity contribution in [1.29, 1.82) is 0 Å². The maximum absolute atomic E-state index is 12.4. The van der Waals surface area contributed by atoms with Gasteiger partial charge in [-0.2, -0.15) is 5.10 Å². The van der Waals surface area contributed by atoms with Gasteiger partial charge in [-0.15, -0.1) is 0 Å². The third kappa shape index (κ3) is 6.81. The molecule has 0 unspecified atom stereocenters. The Labute approximate surface area is 205 Å². The molecule has 2 N–H and O–H groups in total. The van der Waals surface area contributed by atoms with Gasteiger partial charge in [0.2, 0.25) is 0 Å². The number of nitrogens with one attached hydrogen (secondary N) is 2. The maximum atomic E-state index is 12.4. The Morgan fingerprint density at radius 3 is 2.21 bits per heavy atom. The molecule has 0 heterocycles. The van der Waals surface area contributed by atoms with E-state index >= 15 is 0 Å². The highest BCUT2D eigenvalue weighted by molar-refractivity contribution is 6.40. The Balaban J connectivity index is 1.61. The minimum atomic E-state index is -0.997. The van der Waals surface area contributed by atoms with E-state index in [9.17, 15) is 14.4 Å². The monoisotopic (exact) mass is 499 g/mol. The molecule has 3 aromatic carbocycles. The van der Waals surface area contributed by atoms with Crippen molar-refractivity contribution in [3.05, 3.63) is 87.4 Å². The first-order valence-electron chi connectivity index (χ1n) is 9.82. The standard InChI is InChI=1S/C24H19Cl2N3O5/c1-14-3-6-16(7-4-14)24(32)34-20-8-5-15(9-21(20)33-2)13-27-29-23(31)22(30)28-19-11-17(25)10-18(26)12-19/h3-13H,1-2H3,(H,28,30)(H,29,31). The van der Waals surface area contributed by atoms with Gasteiger partial charge < -0.3 is 14.8 Å². The van der Waals surface area contributed by atoms with E-state index in [4.69, 9.17) is 32.7 Å². The molecule has 0 radical (unpaired) electrons. The van der Waals surface area contributed by atoms with Crippen LogP contribution in [0.2, 0.25) is 10.0 Å². The lowest BCUT2D eigenvalue weighted by Crippen LogP contribution is -2.32. The van der Waals surface area contributed by atoms with Crippen molar-refractivity contribution >= 4 is 52.9 Å². The number of esters is 1. The van der Waals surface area contributed by atoms with Crippen LogP contribution in [0.5, 0.6) is 11.5 Å². The van der Waals surface area contributed by atoms with Gasteiger partial charge >= 0.3 is 17.8 Å². The normalized spacial score (nSPS) is 10.6. The van der Waals surface area contributed by atoms with Crippen LogP contribution in [0.25, 0.3) is 0 Å². The van der Waals surface area contributed by atoms with Gasteiger partial charge in [-0.3, -0.25) is 9.59 Å². The lowest BCUT2D eigenvalue weighted by Gasteiger charge is -2.10. The second-order valence-corrected chi connectivity index (χ2v) is 7.85. The third-order valence-corrected chi connectivity index (χ3v) is 4.82. The molecule has 0 spiro atoms. The minimum Gasteiger partial charge on any atom is -0.493 e. The van der Waals surface area contributed by atoms with E-state index in [0.717, 1.165) is 5.56 Å². The quantitative estimate of drug-likeness (QED) is 0.169. The Kier molecular flexibility index (Phi) is 8.24. The molecule has 10 heteroatoms. The number of ether oxygens (including phenoxy) is 2. The fourth-order valence-corrected chi connectivity index (χ4v) is 3.25. The van der Waals surface area contributed by atoms with Crippen LogP contribution >= 0.6 is 23.2 Å². The predicted octanol–water partition coefficient (Wildman–Crippen LogP) is 4.62. The van der Waals surface area contributed by atoms with Crippen LogP contribution in [0, 0.1) is 6.92 Å². The van der Waals surface area contributed by atoms with Crippen molar-refractivity contribution in [1.82, 2.24) is 5.43 Å². The van der Waals surface area contributed by atoms with Crippen LogP contribution in [0.1, 0.15) is 21.5 Å². The Bertz CT molecular complexity index is 1240. The first-order valence-corrected chi connectivity index (χ1v) is 10.6. The lowest BCUT2D eigenvalue weighted by atomic mass is 10.1. The minimum absolute atomic E-state index is 0.217. The zero-order chi connectivity index (χ0) is 24.7. The Morgan fingerprint density at radius 2 is 1.56 bits per heavy atom. The molecule has 0 aliphatic heterocycles. The zero-order valence-corrected chi connectivity index (χ0v) is 19.6. The van der Waals surface area contributed by atoms with E-state index in [1.165, 1.54) is 37.6 Å². The van der Waals surface area contributed by atoms with E-state index < -0.39 is 17.8 Å². The van der Waals surface area contributed by atoms with Crippen LogP contribution in [0.15, 0.2) is 65.8 Å². The van der Waals surface area contributed by atoms with Crippen LogP contribution in [0.4, 0.5) is 5.69 Å². The summed E-state index contributed by atoms with van der Waals surface area (Å²) >= 11 is 11.7. The van der Waals surface area contributed by atoms with Crippen molar-refractivity contribution in [3.63, 3.8) is 0 Å². The number of rotatable bonds is 6. The predicted molar refractivity (Wildman–Crippen MR) is 130 cm³/mol. The van der Waals surface area contributed by atoms with Crippen molar-refractivity contribution in [2.75, 3.05) is 12.4 Å². The summed E-state index contributed by atoms with van der Waals surface area (Å²) in [6.45, 7) is 1.92. The summed E-state index contributed by atoms with van der Waals surface area (Å²) in [6, 6.07) is 16.0. The number of hydrazone groups is 1. The molecule has 0 aliphatic rings. The number of hydrogen-bond acceptors (Lipinski definition) is 6. The van der Waals surface area contributed by atoms with Crippen molar-refractivity contribution < 1.29 is 23.9 Å². The molecule has 0 saturated carbocycles. The summed E-state index contributed by atoms with van der Waals surface area (Å²) in [5, 5.41) is 6.75. The van der Waals surface area contributed by atoms with Crippen molar-refractivity contribution in [3.8, 4) is 11.5 Å². The van der Waals surface area contributed by atoms with E-state index in [-0.39, 0.29) is 17.2 Å². The molecule has 0 fully saturated rings. The number of carbonyl (C=O) groups excluding carboxylic acids is 3. The van der Waals surface area contributed by atoms with Gasteiger partial charge in [0.05, 0.1) is 18.9 Å². The number of carbonyl (C=O) groups is 3. The highest BCUT2D eigenvalue weighted by atomic mass is 35.5. The van der Waals surface area contributed by atoms with E-state index in [0.29, 0.717) is 21.2 Å². The lowest BCUT2D eigenvalue weighted by molar-refractivity contribution is -0.136. The summed E-state index contributed by atoms with van der Waals surface area (Å²) < 4.78 is 10.7. The molecule has 8 nitrogen and oxygen atoms in total. The molecule has 3 rings (SSSR count). The highest BCUT2D eigenvalue weighted by Crippen LogP contribution is 2.28. The van der Waals surface area contributed by atoms with Crippen molar-refractivity contribution in [2.45, 2.75) is 6.92 Å². The number of methoxy groups -OCH3 is 1. The summed E-state index contributed by atoms with van der Waals surface area (Å²) in [6.07, 6.45) is 1.30. The number of aryl methyl sites for hydroxylation is 1. The van der Waals surface area contributed by atoms with Crippen molar-refractivity contribution in [2.24, 2.45) is 5.10 Å². The van der Waals surface area contributed by atoms with Gasteiger partial charge in [0.1, 0.15) is 0 Å². The van der Waals surface area contributed by atoms with Crippen LogP contribution < -0.4 is 20.2 Å². The van der Waals surface area contributed by atoms with Crippen LogP contribution in [0.3, 0.4) is 0 Å². The molecule has 0 atom stereocenters. The average molecular weight is 500 g/mol. The number of amides is 2. The average Bonchev–Trinajstić information content (AvgIpc) is 2.79. The van der Waals surface area contributed by atoms with E-state index in [1.807, 2.05) is 19.1 Å². The molecular weight excluding hydrogens is 481 g/mol. The van der Waals surface area contributed by atoms with Gasteiger partial charge in [-0.05, 0) is 61.0 Å². The number of hydrogen-bond donors (Lipinski definition) is 2. The second kappa shape index (κ2) is 11.3. The topological polar surface area (TPSA) is 106 Å². The molecule has 0 aliphatic carbocycles. The molecule has 3 aromatic rings. The van der Waals surface area contributed by atoms with Gasteiger partial charge in [-0.25, -0.2) is 10.2 Å². The second-order valence-electron chi connectivity index (χ2n) is 6.98. The van der Waals surface area contributed by atoms with Gasteiger partial charge in [0.25, 0.3) is 0 Å². The summed E-state index contributed by atoms with van der Waals surface area (Å²) in [5.41, 5.74) is 4.33. The van der Waals surface area contributed by atoms with Gasteiger partial charge in [0.15, 0.2) is 11.5 Å². The number of nitrogens with zero attached hydrogens (tertiary/aromatic N) is 1. The fraction of sp³-hybridized carbons (Fsp3) is 0.0833. The Hall–Kier alpha value is -3.88. The number of anilines is 1. The highest BCUT2D eigenvalue weighted by Gasteiger charge is 2.15. The number of halogens is 2. The van der Waals surface area contributed by atoms with Gasteiger partial charge in [0, 0.05) is 15.7 Å². The SMILES string of the molecule is COc1cc(C=NNC(=O)C(=O)Nc2cc(Cl)cc(Cl)c2)ccc1OC(=O)c1ccc(C)cc1. The molecule has 174 valence electrons. The molecule has 0 saturated heterocycles. The van der Waals surface area contributed by atoms with Gasteiger partial charge in [-0.1, -0.05) is 40.9 Å². The zero-order valence-electron chi connectivity index (χ0n) is 18.1. The van der Waals surface area contributed by atoms with Crippen LogP contribution in [-0.2, 0) is 9.59 Å². The molecule has 34 heavy (non-hydrogen) atoms. The van der Waals surface area contributed by atoms with Crippen LogP contribution in [-0.4, -0.2) is 31.1 Å². The molecule has 0 bridgehead atoms. The first-order chi connectivity index (χ1) is 16.2. The number of benzene rings is 3. The smallest absolute Gasteiger partial charge is 0.343 e. The largest absolute Gasteiger partial charge is 0.493 e. The maximum Gasteiger partial charge on any atom is 0.343 e. The summed E-state index contributed by atoms with van der Waals surface area (Å²) in [7, 11) is 1.42. The molecular formula is C24H19Cl2N3O5. The molecule has 2 amide bonds. The Morgan fingerprint density at radius 1 is 0.882 bits per heavy atom. The molecule has 0 aromatic heterocycles. The third-order valence-electron chi connectivity index (χ3n) is 4.38. The summed E-state index contributed by atoms with van der Waals surface area (Å²) in [5.74, 6) is -1.98. The van der Waals surface area contributed by atoms with E-state index in [2.05, 4.69) is 15.8 Å². The summed E-state index contributed by atoms with van der Waals surface area (Å²) in [4.78, 5) is 36.3. The van der Waals surface area contributed by atoms with E-state index in [1.54, 1.807) is 24.3 Å². The fourth-order valence-electron chi connectivity index (χ4n) is 2.73.